The summed E-state index contributed by atoms with van der Waals surface area (Å²) < 4.78 is 49.5. The third kappa shape index (κ3) is 7.35. The van der Waals surface area contributed by atoms with Gasteiger partial charge >= 0.3 is 0 Å². The van der Waals surface area contributed by atoms with Crippen LogP contribution in [0, 0.1) is 23.7 Å². The molecule has 3 fully saturated rings. The monoisotopic (exact) mass is 768 g/mol. The first-order valence-electron chi connectivity index (χ1n) is 19.9. The fraction of sp³-hybridized carbons (Fsp3) is 0.683. The molecular weight excluding hydrogens is 712 g/mol. The predicted molar refractivity (Wildman–Crippen MR) is 207 cm³/mol. The van der Waals surface area contributed by atoms with Crippen molar-refractivity contribution in [1.82, 2.24) is 14.5 Å². The average Bonchev–Trinajstić information content (AvgIpc) is 3.24. The second-order valence-corrected chi connectivity index (χ2v) is 19.8. The number of sulfonamides is 1. The second kappa shape index (κ2) is 14.9. The van der Waals surface area contributed by atoms with Crippen LogP contribution in [-0.4, -0.2) is 108 Å². The number of hydrogen-bond donors (Lipinski definition) is 1. The lowest BCUT2D eigenvalue weighted by molar-refractivity contribution is -0.248. The molecule has 0 unspecified atom stereocenters. The minimum absolute atomic E-state index is 0.125. The van der Waals surface area contributed by atoms with Crippen LogP contribution < -0.4 is 14.4 Å². The van der Waals surface area contributed by atoms with Crippen molar-refractivity contribution in [3.05, 3.63) is 58.1 Å². The van der Waals surface area contributed by atoms with Crippen molar-refractivity contribution in [2.75, 3.05) is 65.0 Å². The predicted octanol–water partition coefficient (Wildman–Crippen LogP) is 5.71. The van der Waals surface area contributed by atoms with Gasteiger partial charge in [-0.1, -0.05) is 31.0 Å². The summed E-state index contributed by atoms with van der Waals surface area (Å²) in [4.78, 5) is 20.8. The largest absolute Gasteiger partial charge is 0.490 e. The fourth-order valence-electron chi connectivity index (χ4n) is 10.1. The van der Waals surface area contributed by atoms with Gasteiger partial charge < -0.3 is 24.0 Å². The number of amides is 1. The number of ether oxygens (including phenoxy) is 3. The number of halogens is 1. The van der Waals surface area contributed by atoms with Crippen LogP contribution in [0.25, 0.3) is 0 Å². The van der Waals surface area contributed by atoms with Crippen molar-refractivity contribution in [2.45, 2.75) is 94.3 Å². The van der Waals surface area contributed by atoms with Gasteiger partial charge in [0.05, 0.1) is 36.8 Å². The number of fused-ring (bicyclic) bond motifs is 4. The maximum atomic E-state index is 13.6. The van der Waals surface area contributed by atoms with Gasteiger partial charge in [0, 0.05) is 54.1 Å². The Kier molecular flexibility index (Phi) is 10.6. The summed E-state index contributed by atoms with van der Waals surface area (Å²) in [6, 6.07) is 12.5. The Hall–Kier alpha value is -2.41. The first-order chi connectivity index (χ1) is 25.4. The average molecular weight is 769 g/mol. The number of likely N-dealkylation sites (tertiary alicyclic amines) is 1. The van der Waals surface area contributed by atoms with Gasteiger partial charge in [-0.3, -0.25) is 9.69 Å². The van der Waals surface area contributed by atoms with E-state index in [2.05, 4.69) is 45.6 Å². The lowest BCUT2D eigenvalue weighted by Gasteiger charge is -2.51. The number of aryl methyl sites for hydroxylation is 1. The second-order valence-electron chi connectivity index (χ2n) is 17.3. The molecule has 1 spiro atoms. The van der Waals surface area contributed by atoms with Gasteiger partial charge in [0.25, 0.3) is 5.91 Å². The van der Waals surface area contributed by atoms with Crippen LogP contribution in [0.1, 0.15) is 80.3 Å². The highest BCUT2D eigenvalue weighted by Gasteiger charge is 2.47. The lowest BCUT2D eigenvalue weighted by Crippen LogP contribution is -2.64. The van der Waals surface area contributed by atoms with Gasteiger partial charge in [-0.05, 0) is 125 Å². The van der Waals surface area contributed by atoms with E-state index in [4.69, 9.17) is 25.8 Å². The Morgan fingerprint density at radius 2 is 1.74 bits per heavy atom. The van der Waals surface area contributed by atoms with Gasteiger partial charge in [0.1, 0.15) is 5.75 Å². The number of likely N-dealkylation sites (N-methyl/N-ethyl adjacent to an activating group) is 1. The highest BCUT2D eigenvalue weighted by molar-refractivity contribution is 7.90. The molecule has 4 heterocycles. The number of rotatable bonds is 3. The first-order valence-corrected chi connectivity index (χ1v) is 21.8. The third-order valence-electron chi connectivity index (χ3n) is 13.9. The molecule has 0 aromatic heterocycles. The minimum Gasteiger partial charge on any atom is -0.490 e. The Morgan fingerprint density at radius 3 is 2.47 bits per heavy atom. The topological polar surface area (TPSA) is 101 Å². The fourth-order valence-corrected chi connectivity index (χ4v) is 11.6. The Morgan fingerprint density at radius 1 is 0.943 bits per heavy atom. The molecule has 2 aromatic rings. The zero-order valence-electron chi connectivity index (χ0n) is 31.8. The van der Waals surface area contributed by atoms with Crippen molar-refractivity contribution in [3.8, 4) is 5.75 Å². The SMILES string of the molecule is C[C@@H]1[C@@H](C)CCC[C@@H]([C@H]2OC[C@@H](N3CC(N(C)C)C3)CO2)[C@@H]2CC[C@H]2CN2C[C@@]3(CCCc4cc(Cl)ccc43)COc3ccc(cc32)C(=O)NS1(=O)=O. The van der Waals surface area contributed by atoms with Crippen molar-refractivity contribution in [2.24, 2.45) is 23.7 Å². The van der Waals surface area contributed by atoms with Crippen LogP contribution in [0.2, 0.25) is 5.02 Å². The molecule has 290 valence electrons. The van der Waals surface area contributed by atoms with Gasteiger partial charge in [-0.2, -0.15) is 0 Å². The molecule has 1 saturated carbocycles. The number of carbonyl (C=O) groups is 1. The molecule has 6 atom stereocenters. The van der Waals surface area contributed by atoms with Crippen molar-refractivity contribution < 1.29 is 27.4 Å². The molecule has 2 bridgehead atoms. The Labute approximate surface area is 320 Å². The molecule has 2 aromatic carbocycles. The van der Waals surface area contributed by atoms with Crippen LogP contribution in [0.15, 0.2) is 36.4 Å². The summed E-state index contributed by atoms with van der Waals surface area (Å²) >= 11 is 6.50. The zero-order valence-corrected chi connectivity index (χ0v) is 33.3. The molecule has 4 aliphatic heterocycles. The van der Waals surface area contributed by atoms with Crippen LogP contribution in [0.5, 0.6) is 5.75 Å². The van der Waals surface area contributed by atoms with Crippen LogP contribution in [0.4, 0.5) is 5.69 Å². The lowest BCUT2D eigenvalue weighted by atomic mass is 9.64. The Bertz CT molecular complexity index is 1780. The van der Waals surface area contributed by atoms with Crippen LogP contribution >= 0.6 is 11.6 Å². The number of anilines is 1. The molecule has 2 aliphatic carbocycles. The highest BCUT2D eigenvalue weighted by Crippen LogP contribution is 2.49. The van der Waals surface area contributed by atoms with E-state index in [1.165, 1.54) is 11.1 Å². The van der Waals surface area contributed by atoms with E-state index >= 15 is 0 Å². The van der Waals surface area contributed by atoms with E-state index in [0.29, 0.717) is 43.3 Å². The summed E-state index contributed by atoms with van der Waals surface area (Å²) in [6.07, 6.45) is 7.51. The molecule has 0 radical (unpaired) electrons. The standard InChI is InChI=1S/C41H57ClN4O6S/c1-26-7-5-9-35(40-50-22-33(23-51-40)45-20-32(21-45)44(3)4)34-13-10-30(34)19-46-24-41(16-6-8-28-17-31(42)12-14-36(28)41)25-52-38-15-11-29(18-37(38)46)39(47)43-53(48,49)27(26)2/h11-12,14-15,17-18,26-27,30,32-35,40H,5-10,13,16,19-25H2,1-4H3,(H,43,47)/t26-,27+,30-,33-,34+,35+,40+,41-/m0/s1. The molecule has 12 heteroatoms. The maximum Gasteiger partial charge on any atom is 0.264 e. The summed E-state index contributed by atoms with van der Waals surface area (Å²) in [7, 11) is 0.375. The molecule has 8 rings (SSSR count). The molecule has 2 saturated heterocycles. The highest BCUT2D eigenvalue weighted by atomic mass is 35.5. The molecule has 1 amide bonds. The molecule has 53 heavy (non-hydrogen) atoms. The smallest absolute Gasteiger partial charge is 0.264 e. The molecular formula is C41H57ClN4O6S. The number of benzene rings is 2. The van der Waals surface area contributed by atoms with Crippen molar-refractivity contribution in [1.29, 1.82) is 0 Å². The molecule has 6 aliphatic rings. The number of hydrogen-bond acceptors (Lipinski definition) is 9. The number of nitrogens with one attached hydrogen (secondary N) is 1. The zero-order chi connectivity index (χ0) is 37.1. The van der Waals surface area contributed by atoms with E-state index in [0.717, 1.165) is 94.0 Å². The van der Waals surface area contributed by atoms with E-state index in [9.17, 15) is 13.2 Å². The van der Waals surface area contributed by atoms with Crippen molar-refractivity contribution >= 4 is 33.2 Å². The number of carbonyl (C=O) groups excluding carboxylic acids is 1. The van der Waals surface area contributed by atoms with E-state index < -0.39 is 21.2 Å². The van der Waals surface area contributed by atoms with Gasteiger partial charge in [0.15, 0.2) is 6.29 Å². The van der Waals surface area contributed by atoms with E-state index in [-0.39, 0.29) is 29.6 Å². The minimum atomic E-state index is -3.91. The van der Waals surface area contributed by atoms with Gasteiger partial charge in [0.2, 0.25) is 10.0 Å². The van der Waals surface area contributed by atoms with E-state index in [1.54, 1.807) is 13.0 Å². The third-order valence-corrected chi connectivity index (χ3v) is 16.0. The number of nitrogens with zero attached hydrogens (tertiary/aromatic N) is 3. The summed E-state index contributed by atoms with van der Waals surface area (Å²) in [5.41, 5.74) is 3.49. The van der Waals surface area contributed by atoms with Crippen molar-refractivity contribution in [3.63, 3.8) is 0 Å². The quantitative estimate of drug-likeness (QED) is 0.421. The maximum absolute atomic E-state index is 13.6. The summed E-state index contributed by atoms with van der Waals surface area (Å²) in [6.45, 7) is 9.22. The molecule has 1 N–H and O–H groups in total. The molecule has 10 nitrogen and oxygen atoms in total. The van der Waals surface area contributed by atoms with Crippen LogP contribution in [-0.2, 0) is 31.3 Å². The van der Waals surface area contributed by atoms with Gasteiger partial charge in [-0.15, -0.1) is 0 Å². The summed E-state index contributed by atoms with van der Waals surface area (Å²) in [5.74, 6) is 1.05. The normalized spacial score (nSPS) is 35.2. The van der Waals surface area contributed by atoms with Crippen LogP contribution in [0.3, 0.4) is 0 Å². The first kappa shape index (κ1) is 37.5. The summed E-state index contributed by atoms with van der Waals surface area (Å²) in [5, 5.41) is 0.0301. The van der Waals surface area contributed by atoms with E-state index in [1.807, 2.05) is 25.1 Å². The van der Waals surface area contributed by atoms with Gasteiger partial charge in [-0.25, -0.2) is 13.1 Å². The Balaban J connectivity index is 1.11.